The van der Waals surface area contributed by atoms with Crippen molar-refractivity contribution in [3.8, 4) is 0 Å². The zero-order chi connectivity index (χ0) is 19.8. The van der Waals surface area contributed by atoms with Crippen LogP contribution < -0.4 is 5.32 Å². The minimum Gasteiger partial charge on any atom is -0.367 e. The first-order valence-corrected chi connectivity index (χ1v) is 10.8. The van der Waals surface area contributed by atoms with Crippen molar-refractivity contribution in [2.24, 2.45) is 0 Å². The van der Waals surface area contributed by atoms with Crippen molar-refractivity contribution in [3.05, 3.63) is 24.4 Å². The molecule has 0 aromatic carbocycles. The molecule has 1 fully saturated rings. The van der Waals surface area contributed by atoms with Gasteiger partial charge in [0, 0.05) is 31.1 Å². The molecule has 0 aliphatic carbocycles. The maximum atomic E-state index is 13.5. The quantitative estimate of drug-likeness (QED) is 0.762. The number of nitrogens with one attached hydrogen (secondary N) is 1. The SMILES string of the molecule is C=CCS(=O)(=O)N1CCC(c2cc3n(n2)[C@@H](C(F)(F)F)C[C@@H](CC)N3)CC1. The zero-order valence-corrected chi connectivity index (χ0v) is 16.1. The Morgan fingerprint density at radius 3 is 2.59 bits per heavy atom. The smallest absolute Gasteiger partial charge is 0.367 e. The van der Waals surface area contributed by atoms with E-state index in [2.05, 4.69) is 17.0 Å². The lowest BCUT2D eigenvalue weighted by molar-refractivity contribution is -0.173. The van der Waals surface area contributed by atoms with Crippen LogP contribution >= 0.6 is 0 Å². The Hall–Kier alpha value is -1.55. The van der Waals surface area contributed by atoms with Gasteiger partial charge in [-0.1, -0.05) is 13.0 Å². The molecule has 1 aromatic heterocycles. The van der Waals surface area contributed by atoms with Crippen molar-refractivity contribution in [2.75, 3.05) is 24.2 Å². The van der Waals surface area contributed by atoms with E-state index in [1.807, 2.05) is 6.92 Å². The van der Waals surface area contributed by atoms with Crippen LogP contribution in [0.25, 0.3) is 0 Å². The van der Waals surface area contributed by atoms with E-state index in [9.17, 15) is 21.6 Å². The lowest BCUT2D eigenvalue weighted by Crippen LogP contribution is -2.39. The van der Waals surface area contributed by atoms with E-state index in [1.54, 1.807) is 6.07 Å². The molecule has 2 atom stereocenters. The molecule has 0 spiro atoms. The fourth-order valence-corrected chi connectivity index (χ4v) is 5.10. The fraction of sp³-hybridized carbons (Fsp3) is 0.706. The number of fused-ring (bicyclic) bond motifs is 1. The molecule has 1 saturated heterocycles. The monoisotopic (exact) mass is 406 g/mol. The van der Waals surface area contributed by atoms with E-state index < -0.39 is 22.2 Å². The van der Waals surface area contributed by atoms with E-state index in [1.165, 1.54) is 10.4 Å². The van der Waals surface area contributed by atoms with E-state index >= 15 is 0 Å². The molecular formula is C17H25F3N4O2S. The topological polar surface area (TPSA) is 67.2 Å². The zero-order valence-electron chi connectivity index (χ0n) is 15.2. The lowest BCUT2D eigenvalue weighted by Gasteiger charge is -2.32. The van der Waals surface area contributed by atoms with Crippen LogP contribution in [0.4, 0.5) is 19.0 Å². The minimum atomic E-state index is -4.35. The molecule has 152 valence electrons. The highest BCUT2D eigenvalue weighted by molar-refractivity contribution is 7.89. The second-order valence-corrected chi connectivity index (χ2v) is 9.20. The largest absolute Gasteiger partial charge is 0.410 e. The Balaban J connectivity index is 1.77. The molecule has 0 saturated carbocycles. The molecular weight excluding hydrogens is 381 g/mol. The summed E-state index contributed by atoms with van der Waals surface area (Å²) in [6.07, 6.45) is -1.34. The van der Waals surface area contributed by atoms with Crippen LogP contribution in [0.2, 0.25) is 0 Å². The second-order valence-electron chi connectivity index (χ2n) is 7.18. The molecule has 3 rings (SSSR count). The Morgan fingerprint density at radius 1 is 1.37 bits per heavy atom. The van der Waals surface area contributed by atoms with Crippen molar-refractivity contribution >= 4 is 15.8 Å². The molecule has 10 heteroatoms. The highest BCUT2D eigenvalue weighted by Gasteiger charge is 2.46. The first kappa shape index (κ1) is 20.2. The summed E-state index contributed by atoms with van der Waals surface area (Å²) in [5, 5.41) is 7.41. The van der Waals surface area contributed by atoms with Crippen LogP contribution in [0.3, 0.4) is 0 Å². The number of piperidine rings is 1. The number of alkyl halides is 3. The van der Waals surface area contributed by atoms with Crippen molar-refractivity contribution in [1.29, 1.82) is 0 Å². The van der Waals surface area contributed by atoms with Crippen LogP contribution in [0.1, 0.15) is 50.3 Å². The van der Waals surface area contributed by atoms with Gasteiger partial charge >= 0.3 is 6.18 Å². The lowest BCUT2D eigenvalue weighted by atomic mass is 9.95. The van der Waals surface area contributed by atoms with Crippen molar-refractivity contribution in [3.63, 3.8) is 0 Å². The standard InChI is InChI=1S/C17H25F3N4O2S/c1-3-9-27(25,26)23-7-5-12(6-8-23)14-11-16-21-13(4-2)10-15(17(18,19)20)24(16)22-14/h3,11-13,15,21H,1,4-10H2,2H3/t13-,15-/m1/s1. The molecule has 2 aliphatic rings. The maximum absolute atomic E-state index is 13.5. The first-order valence-electron chi connectivity index (χ1n) is 9.17. The summed E-state index contributed by atoms with van der Waals surface area (Å²) in [6.45, 7) is 6.01. The van der Waals surface area contributed by atoms with Gasteiger partial charge < -0.3 is 5.32 Å². The van der Waals surface area contributed by atoms with Gasteiger partial charge in [0.1, 0.15) is 5.82 Å². The molecule has 27 heavy (non-hydrogen) atoms. The number of halogens is 3. The van der Waals surface area contributed by atoms with Crippen LogP contribution in [0, 0.1) is 0 Å². The molecule has 6 nitrogen and oxygen atoms in total. The highest BCUT2D eigenvalue weighted by Crippen LogP contribution is 2.41. The van der Waals surface area contributed by atoms with Gasteiger partial charge in [-0.05, 0) is 25.7 Å². The van der Waals surface area contributed by atoms with E-state index in [0.29, 0.717) is 43.9 Å². The van der Waals surface area contributed by atoms with Crippen molar-refractivity contribution in [2.45, 2.75) is 56.8 Å². The van der Waals surface area contributed by atoms with E-state index in [0.717, 1.165) is 4.68 Å². The molecule has 0 bridgehead atoms. The highest BCUT2D eigenvalue weighted by atomic mass is 32.2. The molecule has 1 N–H and O–H groups in total. The summed E-state index contributed by atoms with van der Waals surface area (Å²) >= 11 is 0. The predicted molar refractivity (Wildman–Crippen MR) is 97.2 cm³/mol. The molecule has 0 amide bonds. The van der Waals surface area contributed by atoms with Crippen molar-refractivity contribution < 1.29 is 21.6 Å². The first-order chi connectivity index (χ1) is 12.7. The predicted octanol–water partition coefficient (Wildman–Crippen LogP) is 3.28. The normalized spacial score (nSPS) is 25.0. The van der Waals surface area contributed by atoms with E-state index in [-0.39, 0.29) is 24.1 Å². The maximum Gasteiger partial charge on any atom is 0.410 e. The fourth-order valence-electron chi connectivity index (χ4n) is 3.82. The van der Waals surface area contributed by atoms with Gasteiger partial charge in [0.2, 0.25) is 10.0 Å². The number of nitrogens with zero attached hydrogens (tertiary/aromatic N) is 3. The summed E-state index contributed by atoms with van der Waals surface area (Å²) in [4.78, 5) is 0. The average molecular weight is 406 g/mol. The average Bonchev–Trinajstić information content (AvgIpc) is 3.04. The van der Waals surface area contributed by atoms with E-state index in [4.69, 9.17) is 0 Å². The summed E-state index contributed by atoms with van der Waals surface area (Å²) in [6, 6.07) is -0.167. The third kappa shape index (κ3) is 4.16. The van der Waals surface area contributed by atoms with Gasteiger partial charge in [-0.15, -0.1) is 6.58 Å². The number of aromatic nitrogens is 2. The van der Waals surface area contributed by atoms with Gasteiger partial charge in [0.05, 0.1) is 11.4 Å². The van der Waals surface area contributed by atoms with Gasteiger partial charge in [-0.3, -0.25) is 0 Å². The number of anilines is 1. The Kier molecular flexibility index (Phi) is 5.58. The van der Waals surface area contributed by atoms with Gasteiger partial charge in [0.25, 0.3) is 0 Å². The Morgan fingerprint density at radius 2 is 2.04 bits per heavy atom. The minimum absolute atomic E-state index is 0.0354. The Bertz CT molecular complexity index is 783. The molecule has 0 radical (unpaired) electrons. The van der Waals surface area contributed by atoms with Crippen LogP contribution in [-0.2, 0) is 10.0 Å². The number of hydrogen-bond donors (Lipinski definition) is 1. The Labute approximate surface area is 157 Å². The summed E-state index contributed by atoms with van der Waals surface area (Å²) in [5.74, 6) is 0.243. The van der Waals surface area contributed by atoms with Gasteiger partial charge in [-0.25, -0.2) is 17.4 Å². The molecule has 0 unspecified atom stereocenters. The molecule has 2 aliphatic heterocycles. The van der Waals surface area contributed by atoms with Crippen LogP contribution in [0.15, 0.2) is 18.7 Å². The molecule has 1 aromatic rings. The third-order valence-corrected chi connectivity index (χ3v) is 7.18. The summed E-state index contributed by atoms with van der Waals surface area (Å²) in [7, 11) is -3.35. The number of rotatable bonds is 5. The second kappa shape index (κ2) is 7.46. The summed E-state index contributed by atoms with van der Waals surface area (Å²) < 4.78 is 67.1. The van der Waals surface area contributed by atoms with Gasteiger partial charge in [0.15, 0.2) is 6.04 Å². The molecule has 3 heterocycles. The van der Waals surface area contributed by atoms with Crippen molar-refractivity contribution in [1.82, 2.24) is 14.1 Å². The number of hydrogen-bond acceptors (Lipinski definition) is 4. The third-order valence-electron chi connectivity index (χ3n) is 5.37. The number of sulfonamides is 1. The van der Waals surface area contributed by atoms with Crippen LogP contribution in [0.5, 0.6) is 0 Å². The summed E-state index contributed by atoms with van der Waals surface area (Å²) in [5.41, 5.74) is 0.601. The van der Waals surface area contributed by atoms with Crippen LogP contribution in [-0.4, -0.2) is 53.6 Å². The van der Waals surface area contributed by atoms with Gasteiger partial charge in [-0.2, -0.15) is 18.3 Å².